The van der Waals surface area contributed by atoms with Gasteiger partial charge in [-0.3, -0.25) is 4.79 Å². The molecule has 0 aromatic heterocycles. The van der Waals surface area contributed by atoms with Gasteiger partial charge in [0.15, 0.2) is 0 Å². The van der Waals surface area contributed by atoms with Gasteiger partial charge < -0.3 is 20.4 Å². The van der Waals surface area contributed by atoms with Crippen LogP contribution in [-0.2, 0) is 4.79 Å². The maximum Gasteiger partial charge on any atom is 0.242 e. The molecule has 9 atom stereocenters. The van der Waals surface area contributed by atoms with Gasteiger partial charge in [-0.25, -0.2) is 4.99 Å². The fourth-order valence-electron chi connectivity index (χ4n) is 7.24. The first-order valence-corrected chi connectivity index (χ1v) is 10.5. The highest BCUT2D eigenvalue weighted by molar-refractivity contribution is 5.91. The minimum Gasteiger partial charge on any atom is -0.392 e. The minimum absolute atomic E-state index is 0.0366. The van der Waals surface area contributed by atoms with Crippen molar-refractivity contribution in [2.75, 3.05) is 0 Å². The molecule has 3 saturated carbocycles. The van der Waals surface area contributed by atoms with E-state index >= 15 is 0 Å². The Morgan fingerprint density at radius 2 is 1.86 bits per heavy atom. The molecule has 0 aromatic rings. The average Bonchev–Trinajstić information content (AvgIpc) is 2.86. The van der Waals surface area contributed by atoms with Crippen molar-refractivity contribution in [2.24, 2.45) is 39.5 Å². The van der Waals surface area contributed by atoms with Crippen molar-refractivity contribution >= 4 is 12.1 Å². The van der Waals surface area contributed by atoms with Crippen LogP contribution >= 0.6 is 0 Å². The maximum atomic E-state index is 11.7. The number of aliphatic hydroxyl groups excluding tert-OH is 3. The summed E-state index contributed by atoms with van der Waals surface area (Å²) in [4.78, 5) is 15.2. The lowest BCUT2D eigenvalue weighted by Gasteiger charge is -2.47. The molecule has 4 rings (SSSR count). The first-order valence-electron chi connectivity index (χ1n) is 10.5. The first kappa shape index (κ1) is 20.2. The summed E-state index contributed by atoms with van der Waals surface area (Å²) in [5, 5.41) is 44.9. The zero-order chi connectivity index (χ0) is 20.6. The molecular weight excluding hydrogens is 358 g/mol. The molecule has 4 aliphatic rings. The second-order valence-corrected chi connectivity index (χ2v) is 10.3. The molecule has 6 nitrogen and oxygen atoms in total. The third-order valence-corrected chi connectivity index (χ3v) is 8.90. The van der Waals surface area contributed by atoms with Gasteiger partial charge in [-0.2, -0.15) is 0 Å². The van der Waals surface area contributed by atoms with Crippen molar-refractivity contribution in [3.8, 4) is 0 Å². The number of carbonyl (C=O) groups is 1. The van der Waals surface area contributed by atoms with E-state index in [0.29, 0.717) is 6.42 Å². The normalized spacial score (nSPS) is 52.1. The Hall–Kier alpha value is -1.08. The van der Waals surface area contributed by atoms with E-state index in [2.05, 4.69) is 11.9 Å². The van der Waals surface area contributed by atoms with Gasteiger partial charge in [0.25, 0.3) is 0 Å². The minimum atomic E-state index is -1.41. The number of rotatable bonds is 1. The molecule has 2 bridgehead atoms. The Balaban J connectivity index is 1.81. The summed E-state index contributed by atoms with van der Waals surface area (Å²) < 4.78 is 0. The predicted octanol–water partition coefficient (Wildman–Crippen LogP) is 1.46. The third-order valence-electron chi connectivity index (χ3n) is 8.90. The van der Waals surface area contributed by atoms with E-state index in [9.17, 15) is 25.2 Å². The Morgan fingerprint density at radius 1 is 1.18 bits per heavy atom. The quantitative estimate of drug-likeness (QED) is 0.506. The summed E-state index contributed by atoms with van der Waals surface area (Å²) in [6.07, 6.45) is 3.59. The van der Waals surface area contributed by atoms with Crippen LogP contribution < -0.4 is 0 Å². The summed E-state index contributed by atoms with van der Waals surface area (Å²) in [6.45, 7) is 7.15. The summed E-state index contributed by atoms with van der Waals surface area (Å²) in [5.41, 5.74) is -2.01. The van der Waals surface area contributed by atoms with Gasteiger partial charge in [-0.05, 0) is 49.0 Å². The smallest absolute Gasteiger partial charge is 0.242 e. The number of hydrogen-bond acceptors (Lipinski definition) is 5. The van der Waals surface area contributed by atoms with Crippen molar-refractivity contribution < 1.29 is 25.2 Å². The fraction of sp³-hybridized carbons (Fsp3) is 0.818. The fourth-order valence-corrected chi connectivity index (χ4v) is 7.24. The second-order valence-electron chi connectivity index (χ2n) is 10.3. The molecule has 0 aliphatic heterocycles. The lowest BCUT2D eigenvalue weighted by Crippen LogP contribution is -2.57. The Kier molecular flexibility index (Phi) is 4.48. The van der Waals surface area contributed by atoms with E-state index < -0.39 is 34.7 Å². The maximum absolute atomic E-state index is 11.7. The molecule has 156 valence electrons. The average molecular weight is 392 g/mol. The van der Waals surface area contributed by atoms with Crippen LogP contribution in [0.5, 0.6) is 0 Å². The van der Waals surface area contributed by atoms with Gasteiger partial charge in [0.2, 0.25) is 5.91 Å². The largest absolute Gasteiger partial charge is 0.392 e. The van der Waals surface area contributed by atoms with Crippen molar-refractivity contribution in [3.05, 3.63) is 11.6 Å². The van der Waals surface area contributed by atoms with E-state index in [0.717, 1.165) is 18.4 Å². The van der Waals surface area contributed by atoms with Crippen LogP contribution in [0.15, 0.2) is 16.6 Å². The van der Waals surface area contributed by atoms with Crippen molar-refractivity contribution in [2.45, 2.75) is 77.3 Å². The van der Waals surface area contributed by atoms with Crippen LogP contribution in [0.25, 0.3) is 0 Å². The number of amides is 1. The zero-order valence-electron chi connectivity index (χ0n) is 17.2. The van der Waals surface area contributed by atoms with Gasteiger partial charge in [0, 0.05) is 29.9 Å². The molecule has 0 heterocycles. The monoisotopic (exact) mass is 391 g/mol. The predicted molar refractivity (Wildman–Crippen MR) is 105 cm³/mol. The van der Waals surface area contributed by atoms with E-state index in [1.165, 1.54) is 6.92 Å². The van der Waals surface area contributed by atoms with Crippen molar-refractivity contribution in [1.29, 1.82) is 0 Å². The first-order chi connectivity index (χ1) is 13.0. The molecule has 0 saturated heterocycles. The highest BCUT2D eigenvalue weighted by Gasteiger charge is 2.70. The van der Waals surface area contributed by atoms with Gasteiger partial charge >= 0.3 is 0 Å². The van der Waals surface area contributed by atoms with Crippen molar-refractivity contribution in [3.63, 3.8) is 0 Å². The van der Waals surface area contributed by atoms with Gasteiger partial charge in [0.1, 0.15) is 5.60 Å². The number of carbonyl (C=O) groups excluding carboxylic acids is 1. The highest BCUT2D eigenvalue weighted by atomic mass is 16.4. The summed E-state index contributed by atoms with van der Waals surface area (Å²) >= 11 is 0. The molecule has 0 aromatic carbocycles. The Bertz CT molecular complexity index is 745. The summed E-state index contributed by atoms with van der Waals surface area (Å²) in [6, 6.07) is 0. The molecule has 3 fully saturated rings. The van der Waals surface area contributed by atoms with Crippen LogP contribution in [0.1, 0.15) is 53.4 Å². The molecule has 28 heavy (non-hydrogen) atoms. The van der Waals surface area contributed by atoms with Gasteiger partial charge in [-0.1, -0.05) is 26.8 Å². The van der Waals surface area contributed by atoms with E-state index in [4.69, 9.17) is 0 Å². The molecule has 4 aliphatic carbocycles. The van der Waals surface area contributed by atoms with E-state index in [1.54, 1.807) is 6.21 Å². The second kappa shape index (κ2) is 6.21. The molecule has 4 N–H and O–H groups in total. The number of aliphatic hydroxyl groups is 4. The molecular formula is C22H33NO5. The number of aliphatic imine (C=N–C) groups is 1. The molecule has 1 amide bonds. The van der Waals surface area contributed by atoms with Crippen LogP contribution in [0, 0.1) is 34.5 Å². The number of fused-ring (bicyclic) bond motifs is 2. The van der Waals surface area contributed by atoms with Gasteiger partial charge in [0.05, 0.1) is 18.3 Å². The zero-order valence-corrected chi connectivity index (χ0v) is 17.2. The Labute approximate surface area is 166 Å². The van der Waals surface area contributed by atoms with E-state index in [1.807, 2.05) is 19.9 Å². The van der Waals surface area contributed by atoms with E-state index in [-0.39, 0.29) is 36.0 Å². The summed E-state index contributed by atoms with van der Waals surface area (Å²) in [7, 11) is 0. The highest BCUT2D eigenvalue weighted by Crippen LogP contribution is 2.66. The molecule has 0 radical (unpaired) electrons. The number of hydrogen-bond donors (Lipinski definition) is 4. The lowest BCUT2D eigenvalue weighted by atomic mass is 9.59. The van der Waals surface area contributed by atoms with Crippen LogP contribution in [0.2, 0.25) is 0 Å². The lowest BCUT2D eigenvalue weighted by molar-refractivity contribution is -0.177. The van der Waals surface area contributed by atoms with Crippen LogP contribution in [-0.4, -0.2) is 56.5 Å². The van der Waals surface area contributed by atoms with Gasteiger partial charge in [-0.15, -0.1) is 0 Å². The van der Waals surface area contributed by atoms with Crippen LogP contribution in [0.3, 0.4) is 0 Å². The summed E-state index contributed by atoms with van der Waals surface area (Å²) in [5.74, 6) is -0.472. The standard InChI is InChI=1S/C22H33NO5/c1-11-15-6-5-14-13(10-23-12(2)24)8-21(15,19(14)27)9-18(26)22(28)16(11)7-17(25)20(22,3)4/h8,10-11,14-19,25-28H,5-7,9H2,1-4H3/t11-,14-,15-,16-,17-,18+,19+,21+,22-/m0/s1. The molecule has 6 heteroatoms. The molecule has 1 spiro atoms. The number of nitrogens with zero attached hydrogens (tertiary/aromatic N) is 1. The third kappa shape index (κ3) is 2.35. The van der Waals surface area contributed by atoms with Crippen LogP contribution in [0.4, 0.5) is 0 Å². The topological polar surface area (TPSA) is 110 Å². The van der Waals surface area contributed by atoms with Crippen molar-refractivity contribution in [1.82, 2.24) is 0 Å². The Morgan fingerprint density at radius 3 is 2.50 bits per heavy atom. The molecule has 0 unspecified atom stereocenters. The SMILES string of the molecule is CC(=O)N=CC1=C[C@@]23C[C@@H](O)[C@@]4(O)[C@@H](C[C@H](O)C4(C)C)[C@@H](C)[C@@H]2CC[C@@H]1[C@H]3O.